The highest BCUT2D eigenvalue weighted by atomic mass is 16.5. The second-order valence-corrected chi connectivity index (χ2v) is 8.55. The molecule has 0 spiro atoms. The second kappa shape index (κ2) is 12.5. The summed E-state index contributed by atoms with van der Waals surface area (Å²) in [5.41, 5.74) is 1.34. The van der Waals surface area contributed by atoms with E-state index in [4.69, 9.17) is 9.73 Å². The summed E-state index contributed by atoms with van der Waals surface area (Å²) in [5, 5.41) is 6.78. The van der Waals surface area contributed by atoms with Crippen molar-refractivity contribution in [1.29, 1.82) is 0 Å². The molecule has 0 aliphatic carbocycles. The standard InChI is InChI=1S/C24H39N5O2/c1-3-25-24(26-13-5-15-29-14-4-6-23(29)30)27-18-20-11-16-28(17-12-20)19-21-7-9-22(31-2)10-8-21/h7-10,20H,3-6,11-19H2,1-2H3,(H2,25,26,27). The Morgan fingerprint density at radius 3 is 2.58 bits per heavy atom. The van der Waals surface area contributed by atoms with E-state index in [1.807, 2.05) is 17.0 Å². The Morgan fingerprint density at radius 2 is 1.94 bits per heavy atom. The molecule has 2 aliphatic heterocycles. The molecular formula is C24H39N5O2. The lowest BCUT2D eigenvalue weighted by atomic mass is 9.96. The molecule has 1 aromatic rings. The maximum Gasteiger partial charge on any atom is 0.222 e. The highest BCUT2D eigenvalue weighted by molar-refractivity contribution is 5.79. The highest BCUT2D eigenvalue weighted by Crippen LogP contribution is 2.20. The van der Waals surface area contributed by atoms with Crippen LogP contribution < -0.4 is 15.4 Å². The number of hydrogen-bond acceptors (Lipinski definition) is 4. The maximum absolute atomic E-state index is 11.7. The Hall–Kier alpha value is -2.28. The number of rotatable bonds is 10. The lowest BCUT2D eigenvalue weighted by molar-refractivity contribution is -0.127. The Morgan fingerprint density at radius 1 is 1.16 bits per heavy atom. The molecule has 2 fully saturated rings. The zero-order valence-corrected chi connectivity index (χ0v) is 19.2. The van der Waals surface area contributed by atoms with E-state index < -0.39 is 0 Å². The van der Waals surface area contributed by atoms with Gasteiger partial charge in [-0.25, -0.2) is 0 Å². The number of likely N-dealkylation sites (tertiary alicyclic amines) is 2. The molecule has 7 nitrogen and oxygen atoms in total. The van der Waals surface area contributed by atoms with Crippen molar-refractivity contribution < 1.29 is 9.53 Å². The van der Waals surface area contributed by atoms with Gasteiger partial charge in [0, 0.05) is 45.7 Å². The summed E-state index contributed by atoms with van der Waals surface area (Å²) < 4.78 is 5.24. The van der Waals surface area contributed by atoms with E-state index in [9.17, 15) is 4.79 Å². The Kier molecular flexibility index (Phi) is 9.46. The number of benzene rings is 1. The molecule has 2 saturated heterocycles. The minimum absolute atomic E-state index is 0.305. The molecule has 2 aliphatic rings. The molecular weight excluding hydrogens is 390 g/mol. The largest absolute Gasteiger partial charge is 0.497 e. The van der Waals surface area contributed by atoms with Gasteiger partial charge in [0.2, 0.25) is 5.91 Å². The van der Waals surface area contributed by atoms with Crippen molar-refractivity contribution in [3.8, 4) is 5.75 Å². The van der Waals surface area contributed by atoms with Crippen LogP contribution in [0.15, 0.2) is 29.3 Å². The third kappa shape index (κ3) is 7.73. The van der Waals surface area contributed by atoms with Crippen molar-refractivity contribution in [2.24, 2.45) is 10.9 Å². The number of nitrogens with zero attached hydrogens (tertiary/aromatic N) is 3. The Bertz CT molecular complexity index is 698. The summed E-state index contributed by atoms with van der Waals surface area (Å²) >= 11 is 0. The molecule has 1 amide bonds. The average molecular weight is 430 g/mol. The van der Waals surface area contributed by atoms with E-state index in [0.29, 0.717) is 11.8 Å². The van der Waals surface area contributed by atoms with Crippen LogP contribution in [0.3, 0.4) is 0 Å². The monoisotopic (exact) mass is 429 g/mol. The van der Waals surface area contributed by atoms with Crippen molar-refractivity contribution in [3.05, 3.63) is 29.8 Å². The van der Waals surface area contributed by atoms with Crippen molar-refractivity contribution in [1.82, 2.24) is 20.4 Å². The number of guanidine groups is 1. The molecule has 0 bridgehead atoms. The first-order valence-corrected chi connectivity index (χ1v) is 11.8. The van der Waals surface area contributed by atoms with Crippen molar-refractivity contribution in [2.75, 3.05) is 52.9 Å². The minimum atomic E-state index is 0.305. The fourth-order valence-corrected chi connectivity index (χ4v) is 4.30. The SMILES string of the molecule is CCNC(=NCC1CCN(Cc2ccc(OC)cc2)CC1)NCCCN1CCCC1=O. The van der Waals surface area contributed by atoms with E-state index in [-0.39, 0.29) is 0 Å². The quantitative estimate of drug-likeness (QED) is 0.340. The molecule has 0 aromatic heterocycles. The molecule has 2 N–H and O–H groups in total. The predicted molar refractivity (Wildman–Crippen MR) is 125 cm³/mol. The zero-order valence-electron chi connectivity index (χ0n) is 19.2. The van der Waals surface area contributed by atoms with Gasteiger partial charge in [0.05, 0.1) is 7.11 Å². The fraction of sp³-hybridized carbons (Fsp3) is 0.667. The molecule has 2 heterocycles. The highest BCUT2D eigenvalue weighted by Gasteiger charge is 2.20. The van der Waals surface area contributed by atoms with Gasteiger partial charge < -0.3 is 20.3 Å². The summed E-state index contributed by atoms with van der Waals surface area (Å²) in [6.07, 6.45) is 5.07. The number of ether oxygens (including phenoxy) is 1. The van der Waals surface area contributed by atoms with E-state index >= 15 is 0 Å². The van der Waals surface area contributed by atoms with Gasteiger partial charge in [-0.1, -0.05) is 12.1 Å². The van der Waals surface area contributed by atoms with Gasteiger partial charge in [-0.3, -0.25) is 14.7 Å². The predicted octanol–water partition coefficient (Wildman–Crippen LogP) is 2.47. The van der Waals surface area contributed by atoms with Gasteiger partial charge in [0.15, 0.2) is 5.96 Å². The average Bonchev–Trinajstić information content (AvgIpc) is 3.21. The number of carbonyl (C=O) groups excluding carboxylic acids is 1. The number of nitrogens with one attached hydrogen (secondary N) is 2. The van der Waals surface area contributed by atoms with Crippen molar-refractivity contribution in [3.63, 3.8) is 0 Å². The van der Waals surface area contributed by atoms with Crippen LogP contribution in [0, 0.1) is 5.92 Å². The summed E-state index contributed by atoms with van der Waals surface area (Å²) in [6.45, 7) is 9.69. The Balaban J connectivity index is 1.35. The van der Waals surface area contributed by atoms with Gasteiger partial charge in [0.25, 0.3) is 0 Å². The number of carbonyl (C=O) groups is 1. The van der Waals surface area contributed by atoms with Gasteiger partial charge in [-0.2, -0.15) is 0 Å². The Labute approximate surface area is 187 Å². The molecule has 0 radical (unpaired) electrons. The number of aliphatic imine (C=N–C) groups is 1. The van der Waals surface area contributed by atoms with Crippen LogP contribution in [-0.2, 0) is 11.3 Å². The van der Waals surface area contributed by atoms with Gasteiger partial charge >= 0.3 is 0 Å². The van der Waals surface area contributed by atoms with Crippen LogP contribution in [-0.4, -0.2) is 74.6 Å². The summed E-state index contributed by atoms with van der Waals surface area (Å²) in [4.78, 5) is 21.0. The first kappa shape index (κ1) is 23.4. The minimum Gasteiger partial charge on any atom is -0.497 e. The number of amides is 1. The van der Waals surface area contributed by atoms with Crippen LogP contribution in [0.1, 0.15) is 44.6 Å². The zero-order chi connectivity index (χ0) is 21.9. The van der Waals surface area contributed by atoms with Crippen molar-refractivity contribution >= 4 is 11.9 Å². The molecule has 3 rings (SSSR count). The summed E-state index contributed by atoms with van der Waals surface area (Å²) in [5.74, 6) is 2.76. The first-order chi connectivity index (χ1) is 15.2. The van der Waals surface area contributed by atoms with E-state index in [2.05, 4.69) is 34.6 Å². The van der Waals surface area contributed by atoms with Crippen LogP contribution in [0.2, 0.25) is 0 Å². The molecule has 0 unspecified atom stereocenters. The molecule has 1 aromatic carbocycles. The van der Waals surface area contributed by atoms with E-state index in [0.717, 1.165) is 83.3 Å². The first-order valence-electron chi connectivity index (χ1n) is 11.8. The number of methoxy groups -OCH3 is 1. The van der Waals surface area contributed by atoms with Gasteiger partial charge in [0.1, 0.15) is 5.75 Å². The molecule has 0 saturated carbocycles. The summed E-state index contributed by atoms with van der Waals surface area (Å²) in [7, 11) is 1.70. The number of piperidine rings is 1. The van der Waals surface area contributed by atoms with E-state index in [1.165, 1.54) is 18.4 Å². The smallest absolute Gasteiger partial charge is 0.222 e. The van der Waals surface area contributed by atoms with Gasteiger partial charge in [-0.05, 0) is 69.3 Å². The molecule has 172 valence electrons. The van der Waals surface area contributed by atoms with Gasteiger partial charge in [-0.15, -0.1) is 0 Å². The van der Waals surface area contributed by atoms with Crippen LogP contribution in [0.5, 0.6) is 5.75 Å². The van der Waals surface area contributed by atoms with Crippen LogP contribution in [0.25, 0.3) is 0 Å². The third-order valence-electron chi connectivity index (χ3n) is 6.19. The lowest BCUT2D eigenvalue weighted by Gasteiger charge is -2.31. The lowest BCUT2D eigenvalue weighted by Crippen LogP contribution is -2.40. The molecule has 0 atom stereocenters. The van der Waals surface area contributed by atoms with E-state index in [1.54, 1.807) is 7.11 Å². The third-order valence-corrected chi connectivity index (χ3v) is 6.19. The van der Waals surface area contributed by atoms with Crippen molar-refractivity contribution in [2.45, 2.75) is 45.6 Å². The maximum atomic E-state index is 11.7. The topological polar surface area (TPSA) is 69.2 Å². The molecule has 7 heteroatoms. The summed E-state index contributed by atoms with van der Waals surface area (Å²) in [6, 6.07) is 8.39. The normalized spacial score (nSPS) is 18.5. The number of hydrogen-bond donors (Lipinski definition) is 2. The molecule has 31 heavy (non-hydrogen) atoms. The van der Waals surface area contributed by atoms with Crippen LogP contribution >= 0.6 is 0 Å². The second-order valence-electron chi connectivity index (χ2n) is 8.55. The van der Waals surface area contributed by atoms with Crippen LogP contribution in [0.4, 0.5) is 0 Å². The fourth-order valence-electron chi connectivity index (χ4n) is 4.30.